The summed E-state index contributed by atoms with van der Waals surface area (Å²) in [7, 11) is 1.54. The summed E-state index contributed by atoms with van der Waals surface area (Å²) >= 11 is 5.71. The zero-order chi connectivity index (χ0) is 20.7. The van der Waals surface area contributed by atoms with Crippen molar-refractivity contribution in [2.75, 3.05) is 19.0 Å². The largest absolute Gasteiger partial charge is 0.493 e. The molecule has 7 heteroatoms. The second-order valence-electron chi connectivity index (χ2n) is 6.37. The van der Waals surface area contributed by atoms with E-state index in [1.165, 1.54) is 25.3 Å². The van der Waals surface area contributed by atoms with E-state index < -0.39 is 11.7 Å². The summed E-state index contributed by atoms with van der Waals surface area (Å²) in [6, 6.07) is 10.7. The maximum Gasteiger partial charge on any atom is 0.266 e. The first-order valence-electron chi connectivity index (χ1n) is 8.53. The van der Waals surface area contributed by atoms with Gasteiger partial charge in [-0.05, 0) is 47.9 Å². The Morgan fingerprint density at radius 1 is 1.29 bits per heavy atom. The first kappa shape index (κ1) is 21.3. The highest BCUT2D eigenvalue weighted by molar-refractivity contribution is 6.31. The molecule has 0 radical (unpaired) electrons. The molecular weight excluding hydrogens is 383 g/mol. The normalized spacial score (nSPS) is 11.1. The number of nitrogens with one attached hydrogen (secondary N) is 1. The third kappa shape index (κ3) is 5.73. The molecule has 0 aliphatic carbocycles. The molecule has 0 spiro atoms. The second-order valence-corrected chi connectivity index (χ2v) is 6.78. The van der Waals surface area contributed by atoms with Crippen LogP contribution in [0.3, 0.4) is 0 Å². The lowest BCUT2D eigenvalue weighted by Crippen LogP contribution is -2.13. The molecule has 0 aromatic heterocycles. The zero-order valence-corrected chi connectivity index (χ0v) is 16.5. The Morgan fingerprint density at radius 3 is 2.64 bits per heavy atom. The topological polar surface area (TPSA) is 71.3 Å². The molecule has 0 saturated heterocycles. The second kappa shape index (κ2) is 9.77. The van der Waals surface area contributed by atoms with E-state index >= 15 is 0 Å². The Kier molecular flexibility index (Phi) is 7.42. The molecule has 2 aromatic carbocycles. The Bertz CT molecular complexity index is 936. The fourth-order valence-electron chi connectivity index (χ4n) is 2.24. The average Bonchev–Trinajstić information content (AvgIpc) is 2.67. The van der Waals surface area contributed by atoms with Crippen molar-refractivity contribution in [2.24, 2.45) is 5.92 Å². The number of amides is 1. The van der Waals surface area contributed by atoms with Crippen molar-refractivity contribution in [1.29, 1.82) is 5.26 Å². The minimum atomic E-state index is -0.634. The van der Waals surface area contributed by atoms with E-state index in [9.17, 15) is 14.4 Å². The van der Waals surface area contributed by atoms with Crippen molar-refractivity contribution in [1.82, 2.24) is 0 Å². The molecular formula is C21H20ClFN2O3. The monoisotopic (exact) mass is 402 g/mol. The van der Waals surface area contributed by atoms with Crippen molar-refractivity contribution in [3.63, 3.8) is 0 Å². The molecule has 0 unspecified atom stereocenters. The number of carbonyl (C=O) groups excluding carboxylic acids is 1. The smallest absolute Gasteiger partial charge is 0.266 e. The highest BCUT2D eigenvalue weighted by Gasteiger charge is 2.12. The molecule has 5 nitrogen and oxygen atoms in total. The number of hydrogen-bond acceptors (Lipinski definition) is 4. The van der Waals surface area contributed by atoms with Gasteiger partial charge in [0.2, 0.25) is 0 Å². The summed E-state index contributed by atoms with van der Waals surface area (Å²) in [6.07, 6.45) is 1.43. The summed E-state index contributed by atoms with van der Waals surface area (Å²) in [5.74, 6) is 0.176. The van der Waals surface area contributed by atoms with Crippen LogP contribution in [-0.2, 0) is 4.79 Å². The molecule has 2 rings (SSSR count). The zero-order valence-electron chi connectivity index (χ0n) is 15.8. The average molecular weight is 403 g/mol. The van der Waals surface area contributed by atoms with Gasteiger partial charge in [-0.25, -0.2) is 4.39 Å². The van der Waals surface area contributed by atoms with Gasteiger partial charge in [-0.2, -0.15) is 5.26 Å². The molecule has 0 saturated carbocycles. The number of ether oxygens (including phenoxy) is 2. The Morgan fingerprint density at radius 2 is 2.04 bits per heavy atom. The number of nitrogens with zero attached hydrogens (tertiary/aromatic N) is 1. The lowest BCUT2D eigenvalue weighted by atomic mass is 10.1. The third-order valence-corrected chi connectivity index (χ3v) is 3.90. The maximum absolute atomic E-state index is 13.2. The molecule has 0 aliphatic rings. The first-order valence-corrected chi connectivity index (χ1v) is 8.91. The van der Waals surface area contributed by atoms with E-state index in [4.69, 9.17) is 21.1 Å². The number of nitriles is 1. The van der Waals surface area contributed by atoms with Gasteiger partial charge in [0.05, 0.1) is 18.7 Å². The number of benzene rings is 2. The highest BCUT2D eigenvalue weighted by Crippen LogP contribution is 2.29. The van der Waals surface area contributed by atoms with Crippen LogP contribution < -0.4 is 14.8 Å². The van der Waals surface area contributed by atoms with Crippen LogP contribution >= 0.6 is 11.6 Å². The summed E-state index contributed by atoms with van der Waals surface area (Å²) in [5.41, 5.74) is 0.761. The Labute approximate surface area is 168 Å². The lowest BCUT2D eigenvalue weighted by Gasteiger charge is -2.13. The molecule has 146 valence electrons. The van der Waals surface area contributed by atoms with Crippen LogP contribution in [0.25, 0.3) is 6.08 Å². The number of carbonyl (C=O) groups is 1. The number of methoxy groups -OCH3 is 1. The quantitative estimate of drug-likeness (QED) is 0.518. The van der Waals surface area contributed by atoms with Crippen LogP contribution in [-0.4, -0.2) is 19.6 Å². The van der Waals surface area contributed by atoms with Gasteiger partial charge in [-0.15, -0.1) is 0 Å². The summed E-state index contributed by atoms with van der Waals surface area (Å²) in [4.78, 5) is 12.4. The van der Waals surface area contributed by atoms with Gasteiger partial charge < -0.3 is 14.8 Å². The minimum absolute atomic E-state index is 0.123. The molecule has 0 heterocycles. The molecule has 0 fully saturated rings. The van der Waals surface area contributed by atoms with Crippen LogP contribution in [0.15, 0.2) is 42.0 Å². The highest BCUT2D eigenvalue weighted by atomic mass is 35.5. The van der Waals surface area contributed by atoms with Crippen molar-refractivity contribution in [3.8, 4) is 17.6 Å². The molecule has 1 amide bonds. The van der Waals surface area contributed by atoms with Crippen LogP contribution in [0.1, 0.15) is 19.4 Å². The fraction of sp³-hybridized carbons (Fsp3) is 0.238. The number of hydrogen-bond donors (Lipinski definition) is 1. The molecule has 0 bridgehead atoms. The van der Waals surface area contributed by atoms with Crippen LogP contribution in [0.4, 0.5) is 10.1 Å². The molecule has 28 heavy (non-hydrogen) atoms. The Balaban J connectivity index is 2.24. The third-order valence-electron chi connectivity index (χ3n) is 3.61. The van der Waals surface area contributed by atoms with E-state index in [2.05, 4.69) is 5.32 Å². The summed E-state index contributed by atoms with van der Waals surface area (Å²) < 4.78 is 24.2. The van der Waals surface area contributed by atoms with E-state index in [1.807, 2.05) is 19.9 Å². The predicted molar refractivity (Wildman–Crippen MR) is 107 cm³/mol. The lowest BCUT2D eigenvalue weighted by molar-refractivity contribution is -0.112. The van der Waals surface area contributed by atoms with Crippen LogP contribution in [0, 0.1) is 23.1 Å². The summed E-state index contributed by atoms with van der Waals surface area (Å²) in [6.45, 7) is 4.55. The van der Waals surface area contributed by atoms with Crippen LogP contribution in [0.2, 0.25) is 5.02 Å². The van der Waals surface area contributed by atoms with E-state index in [0.29, 0.717) is 29.6 Å². The van der Waals surface area contributed by atoms with Gasteiger partial charge in [0.1, 0.15) is 17.5 Å². The van der Waals surface area contributed by atoms with Crippen LogP contribution in [0.5, 0.6) is 11.5 Å². The minimum Gasteiger partial charge on any atom is -0.493 e. The maximum atomic E-state index is 13.2. The van der Waals surface area contributed by atoms with E-state index in [1.54, 1.807) is 18.2 Å². The van der Waals surface area contributed by atoms with Gasteiger partial charge in [0.25, 0.3) is 5.91 Å². The molecule has 2 aromatic rings. The fourth-order valence-corrected chi connectivity index (χ4v) is 2.42. The predicted octanol–water partition coefficient (Wildman–Crippen LogP) is 5.07. The van der Waals surface area contributed by atoms with E-state index in [-0.39, 0.29) is 16.3 Å². The number of halogens is 2. The van der Waals surface area contributed by atoms with Crippen molar-refractivity contribution in [2.45, 2.75) is 13.8 Å². The van der Waals surface area contributed by atoms with Crippen molar-refractivity contribution < 1.29 is 18.7 Å². The van der Waals surface area contributed by atoms with Gasteiger partial charge in [0, 0.05) is 5.69 Å². The first-order chi connectivity index (χ1) is 13.3. The Hall–Kier alpha value is -3.04. The van der Waals surface area contributed by atoms with E-state index in [0.717, 1.165) is 6.07 Å². The standard InChI is InChI=1S/C21H20ClFN2O3/c1-13(2)12-28-20-9-14(4-7-19(20)27-3)8-15(11-24)21(26)25-16-5-6-18(23)17(22)10-16/h4-10,13H,12H2,1-3H3,(H,25,26)/b15-8+. The molecule has 0 atom stereocenters. The SMILES string of the molecule is COc1ccc(/C=C(\C#N)C(=O)Nc2ccc(F)c(Cl)c2)cc1OCC(C)C. The van der Waals surface area contributed by atoms with Gasteiger partial charge in [-0.3, -0.25) is 4.79 Å². The summed E-state index contributed by atoms with van der Waals surface area (Å²) in [5, 5.41) is 11.8. The number of anilines is 1. The van der Waals surface area contributed by atoms with Gasteiger partial charge in [0.15, 0.2) is 11.5 Å². The van der Waals surface area contributed by atoms with Gasteiger partial charge in [-0.1, -0.05) is 31.5 Å². The molecule has 1 N–H and O–H groups in total. The molecule has 0 aliphatic heterocycles. The number of rotatable bonds is 7. The van der Waals surface area contributed by atoms with Crippen molar-refractivity contribution in [3.05, 3.63) is 58.4 Å². The van der Waals surface area contributed by atoms with Crippen molar-refractivity contribution >= 4 is 29.3 Å². The van der Waals surface area contributed by atoms with Gasteiger partial charge >= 0.3 is 0 Å².